The van der Waals surface area contributed by atoms with E-state index in [-0.39, 0.29) is 16.2 Å². The number of aryl methyl sites for hydroxylation is 1. The van der Waals surface area contributed by atoms with Crippen LogP contribution in [0.2, 0.25) is 0 Å². The van der Waals surface area contributed by atoms with Crippen molar-refractivity contribution in [3.63, 3.8) is 0 Å². The number of hydrogen-bond acceptors (Lipinski definition) is 5. The third-order valence-electron chi connectivity index (χ3n) is 5.64. The van der Waals surface area contributed by atoms with Crippen molar-refractivity contribution in [2.24, 2.45) is 0 Å². The van der Waals surface area contributed by atoms with Crippen LogP contribution in [0, 0.1) is 6.92 Å². The summed E-state index contributed by atoms with van der Waals surface area (Å²) in [5.74, 6) is 1.01. The number of benzene rings is 1. The van der Waals surface area contributed by atoms with Gasteiger partial charge in [0.2, 0.25) is 10.0 Å². The van der Waals surface area contributed by atoms with Crippen LogP contribution in [0.1, 0.15) is 55.5 Å². The first kappa shape index (κ1) is 20.0. The fourth-order valence-electron chi connectivity index (χ4n) is 3.93. The highest BCUT2D eigenvalue weighted by Crippen LogP contribution is 2.35. The van der Waals surface area contributed by atoms with Gasteiger partial charge in [-0.2, -0.15) is 4.72 Å². The largest absolute Gasteiger partial charge is 0.455 e. The number of anilines is 1. The second-order valence-corrected chi connectivity index (χ2v) is 10.6. The van der Waals surface area contributed by atoms with Gasteiger partial charge in [0.1, 0.15) is 16.3 Å². The predicted molar refractivity (Wildman–Crippen MR) is 110 cm³/mol. The highest BCUT2D eigenvalue weighted by atomic mass is 32.2. The Bertz CT molecular complexity index is 1060. The Morgan fingerprint density at radius 2 is 1.83 bits per heavy atom. The number of piperidine rings is 1. The van der Waals surface area contributed by atoms with Crippen LogP contribution in [0.5, 0.6) is 0 Å². The van der Waals surface area contributed by atoms with Gasteiger partial charge in [0, 0.05) is 36.9 Å². The average molecular weight is 418 g/mol. The van der Waals surface area contributed by atoms with E-state index in [1.807, 2.05) is 39.8 Å². The molecule has 1 aromatic carbocycles. The van der Waals surface area contributed by atoms with Gasteiger partial charge in [0.15, 0.2) is 5.76 Å². The van der Waals surface area contributed by atoms with E-state index in [9.17, 15) is 13.2 Å². The summed E-state index contributed by atoms with van der Waals surface area (Å²) in [6.07, 6.45) is 0.941. The molecule has 0 atom stereocenters. The minimum Gasteiger partial charge on any atom is -0.455 e. The number of nitrogens with one attached hydrogen (secondary N) is 2. The number of amides is 1. The number of likely N-dealkylation sites (tertiary alicyclic amines) is 1. The Morgan fingerprint density at radius 3 is 2.45 bits per heavy atom. The Labute approximate surface area is 171 Å². The Balaban J connectivity index is 1.52. The first-order chi connectivity index (χ1) is 13.5. The molecule has 0 bridgehead atoms. The third kappa shape index (κ3) is 3.55. The summed E-state index contributed by atoms with van der Waals surface area (Å²) in [4.78, 5) is 15.0. The molecule has 2 N–H and O–H groups in total. The molecule has 2 aliphatic heterocycles. The van der Waals surface area contributed by atoms with Crippen LogP contribution < -0.4 is 10.0 Å². The minimum atomic E-state index is -3.59. The van der Waals surface area contributed by atoms with Crippen molar-refractivity contribution < 1.29 is 17.6 Å². The smallest absolute Gasteiger partial charge is 0.289 e. The lowest BCUT2D eigenvalue weighted by molar-refractivity contribution is 0.0639. The molecule has 3 heterocycles. The van der Waals surface area contributed by atoms with Crippen LogP contribution in [-0.4, -0.2) is 38.0 Å². The molecule has 2 aromatic rings. The molecule has 1 spiro atoms. The molecule has 1 saturated heterocycles. The molecule has 8 heteroatoms. The molecule has 29 heavy (non-hydrogen) atoms. The number of fused-ring (bicyclic) bond motifs is 1. The lowest BCUT2D eigenvalue weighted by Crippen LogP contribution is -2.62. The van der Waals surface area contributed by atoms with Crippen LogP contribution in [0.3, 0.4) is 0 Å². The first-order valence-electron chi connectivity index (χ1n) is 9.82. The fourth-order valence-corrected chi connectivity index (χ4v) is 5.47. The Kier molecular flexibility index (Phi) is 4.55. The molecular weight excluding hydrogens is 390 g/mol. The summed E-state index contributed by atoms with van der Waals surface area (Å²) in [5, 5.41) is 3.35. The van der Waals surface area contributed by atoms with Gasteiger partial charge in [0.05, 0.1) is 5.69 Å². The number of rotatable bonds is 1. The monoisotopic (exact) mass is 417 g/mol. The average Bonchev–Trinajstić information content (AvgIpc) is 3.03. The zero-order chi connectivity index (χ0) is 21.0. The van der Waals surface area contributed by atoms with Gasteiger partial charge in [-0.3, -0.25) is 4.79 Å². The van der Waals surface area contributed by atoms with E-state index < -0.39 is 15.7 Å². The van der Waals surface area contributed by atoms with Crippen LogP contribution >= 0.6 is 0 Å². The normalized spacial score (nSPS) is 20.2. The van der Waals surface area contributed by atoms with E-state index in [2.05, 4.69) is 10.0 Å². The topological polar surface area (TPSA) is 91.7 Å². The maximum absolute atomic E-state index is 13.0. The molecule has 1 fully saturated rings. The van der Waals surface area contributed by atoms with Crippen molar-refractivity contribution in [3.05, 3.63) is 47.4 Å². The van der Waals surface area contributed by atoms with Crippen molar-refractivity contribution >= 4 is 21.6 Å². The second-order valence-electron chi connectivity index (χ2n) is 8.97. The van der Waals surface area contributed by atoms with Crippen molar-refractivity contribution in [3.8, 4) is 0 Å². The molecule has 0 saturated carbocycles. The highest BCUT2D eigenvalue weighted by Gasteiger charge is 2.44. The van der Waals surface area contributed by atoms with Crippen LogP contribution in [0.15, 0.2) is 39.6 Å². The van der Waals surface area contributed by atoms with Crippen LogP contribution in [-0.2, 0) is 15.4 Å². The molecule has 0 radical (unpaired) electrons. The van der Waals surface area contributed by atoms with Gasteiger partial charge in [0.25, 0.3) is 5.91 Å². The van der Waals surface area contributed by atoms with E-state index in [0.29, 0.717) is 37.4 Å². The quantitative estimate of drug-likeness (QED) is 0.743. The number of nitrogens with zero attached hydrogens (tertiary/aromatic N) is 1. The zero-order valence-electron chi connectivity index (χ0n) is 17.2. The Hall–Kier alpha value is -2.32. The Morgan fingerprint density at radius 1 is 1.17 bits per heavy atom. The van der Waals surface area contributed by atoms with Crippen molar-refractivity contribution in [1.82, 2.24) is 9.62 Å². The van der Waals surface area contributed by atoms with Crippen molar-refractivity contribution in [2.75, 3.05) is 18.4 Å². The third-order valence-corrected chi connectivity index (χ3v) is 7.23. The maximum Gasteiger partial charge on any atom is 0.289 e. The van der Waals surface area contributed by atoms with Crippen LogP contribution in [0.4, 0.5) is 5.69 Å². The maximum atomic E-state index is 13.0. The van der Waals surface area contributed by atoms with E-state index in [0.717, 1.165) is 11.3 Å². The fraction of sp³-hybridized carbons (Fsp3) is 0.476. The molecule has 0 unspecified atom stereocenters. The number of carbonyl (C=O) groups is 1. The molecule has 0 aliphatic carbocycles. The molecule has 1 amide bonds. The molecule has 1 aromatic heterocycles. The molecule has 156 valence electrons. The molecular formula is C21H27N3O4S. The van der Waals surface area contributed by atoms with E-state index >= 15 is 0 Å². The predicted octanol–water partition coefficient (Wildman–Crippen LogP) is 3.22. The summed E-state index contributed by atoms with van der Waals surface area (Å²) in [7, 11) is -3.59. The van der Waals surface area contributed by atoms with Gasteiger partial charge < -0.3 is 14.6 Å². The number of para-hydroxylation sites is 1. The summed E-state index contributed by atoms with van der Waals surface area (Å²) in [6, 6.07) is 8.80. The first-order valence-corrected chi connectivity index (χ1v) is 11.3. The lowest BCUT2D eigenvalue weighted by atomic mass is 9.93. The summed E-state index contributed by atoms with van der Waals surface area (Å²) < 4.78 is 34.0. The lowest BCUT2D eigenvalue weighted by Gasteiger charge is -2.45. The number of hydrogen-bond donors (Lipinski definition) is 2. The number of carbonyl (C=O) groups excluding carboxylic acids is 1. The van der Waals surface area contributed by atoms with E-state index in [1.165, 1.54) is 0 Å². The van der Waals surface area contributed by atoms with Gasteiger partial charge in [-0.15, -0.1) is 0 Å². The zero-order valence-corrected chi connectivity index (χ0v) is 18.0. The van der Waals surface area contributed by atoms with Crippen LogP contribution in [0.25, 0.3) is 0 Å². The van der Waals surface area contributed by atoms with Gasteiger partial charge in [-0.1, -0.05) is 32.9 Å². The van der Waals surface area contributed by atoms with Gasteiger partial charge >= 0.3 is 0 Å². The minimum absolute atomic E-state index is 0.146. The molecule has 4 rings (SSSR count). The summed E-state index contributed by atoms with van der Waals surface area (Å²) in [6.45, 7) is 8.88. The summed E-state index contributed by atoms with van der Waals surface area (Å²) in [5.41, 5.74) is 0.472. The molecule has 7 nitrogen and oxygen atoms in total. The van der Waals surface area contributed by atoms with E-state index in [1.54, 1.807) is 23.1 Å². The SMILES string of the molecule is Cc1cc(C(C)(C)C)oc1C(=O)N1CCC2(CC1)Nc1ccccc1S(=O)(=O)N2. The summed E-state index contributed by atoms with van der Waals surface area (Å²) >= 11 is 0. The number of furan rings is 1. The highest BCUT2D eigenvalue weighted by molar-refractivity contribution is 7.89. The second kappa shape index (κ2) is 6.60. The number of sulfonamides is 1. The van der Waals surface area contributed by atoms with E-state index in [4.69, 9.17) is 4.42 Å². The van der Waals surface area contributed by atoms with Gasteiger partial charge in [-0.25, -0.2) is 8.42 Å². The van der Waals surface area contributed by atoms with Crippen molar-refractivity contribution in [2.45, 2.75) is 56.5 Å². The van der Waals surface area contributed by atoms with Gasteiger partial charge in [-0.05, 0) is 25.1 Å². The standard InChI is InChI=1S/C21H27N3O4S/c1-14-13-17(20(2,3)4)28-18(14)19(25)24-11-9-21(10-12-24)22-15-7-5-6-8-16(15)29(26,27)23-21/h5-8,13,22-23H,9-12H2,1-4H3. The molecule has 2 aliphatic rings. The van der Waals surface area contributed by atoms with Crippen molar-refractivity contribution in [1.29, 1.82) is 0 Å².